The van der Waals surface area contributed by atoms with Crippen molar-refractivity contribution in [1.29, 1.82) is 0 Å². The fourth-order valence-electron chi connectivity index (χ4n) is 2.55. The minimum absolute atomic E-state index is 0.230. The van der Waals surface area contributed by atoms with E-state index in [9.17, 15) is 4.39 Å². The van der Waals surface area contributed by atoms with Gasteiger partial charge < -0.3 is 15.5 Å². The number of halogens is 1. The smallest absolute Gasteiger partial charge is 0.125 e. The number of hydrogen-bond donors (Lipinski definition) is 2. The van der Waals surface area contributed by atoms with Crippen LogP contribution in [0, 0.1) is 5.82 Å². The number of aromatic nitrogens is 1. The summed E-state index contributed by atoms with van der Waals surface area (Å²) >= 11 is 0. The van der Waals surface area contributed by atoms with Crippen LogP contribution in [0.1, 0.15) is 18.2 Å². The summed E-state index contributed by atoms with van der Waals surface area (Å²) in [6.45, 7) is 3.04. The van der Waals surface area contributed by atoms with Gasteiger partial charge in [-0.25, -0.2) is 4.39 Å². The molecular formula is C13H15FN2O. The molecule has 90 valence electrons. The molecule has 0 spiro atoms. The first-order valence-electron chi connectivity index (χ1n) is 5.79. The molecule has 1 unspecified atom stereocenters. The van der Waals surface area contributed by atoms with Gasteiger partial charge in [0.1, 0.15) is 11.4 Å². The number of nitrogens with two attached hydrogens (primary N) is 1. The molecule has 0 saturated carbocycles. The van der Waals surface area contributed by atoms with E-state index in [1.54, 1.807) is 0 Å². The molecule has 2 heterocycles. The van der Waals surface area contributed by atoms with Crippen LogP contribution in [0.2, 0.25) is 0 Å². The Labute approximate surface area is 98.8 Å². The monoisotopic (exact) mass is 234 g/mol. The molecule has 1 atom stereocenters. The number of rotatable bonds is 1. The summed E-state index contributed by atoms with van der Waals surface area (Å²) in [5, 5.41) is 1.07. The van der Waals surface area contributed by atoms with Gasteiger partial charge in [-0.1, -0.05) is 0 Å². The van der Waals surface area contributed by atoms with Crippen LogP contribution in [-0.4, -0.2) is 18.1 Å². The van der Waals surface area contributed by atoms with E-state index < -0.39 is 5.60 Å². The van der Waals surface area contributed by atoms with Gasteiger partial charge in [0.25, 0.3) is 0 Å². The molecule has 0 saturated heterocycles. The minimum Gasteiger partial charge on any atom is -0.367 e. The lowest BCUT2D eigenvalue weighted by molar-refractivity contribution is -0.0414. The van der Waals surface area contributed by atoms with Crippen molar-refractivity contribution in [3.05, 3.63) is 35.3 Å². The number of fused-ring (bicyclic) bond motifs is 3. The number of ether oxygens (including phenoxy) is 1. The molecule has 3 nitrogen and oxygen atoms in total. The maximum absolute atomic E-state index is 13.2. The third kappa shape index (κ3) is 1.48. The van der Waals surface area contributed by atoms with Gasteiger partial charge >= 0.3 is 0 Å². The highest BCUT2D eigenvalue weighted by atomic mass is 19.1. The van der Waals surface area contributed by atoms with Crippen LogP contribution in [0.5, 0.6) is 0 Å². The largest absolute Gasteiger partial charge is 0.367 e. The van der Waals surface area contributed by atoms with Crippen LogP contribution in [0.4, 0.5) is 4.39 Å². The normalized spacial score (nSPS) is 23.9. The van der Waals surface area contributed by atoms with Gasteiger partial charge in [-0.05, 0) is 37.1 Å². The minimum atomic E-state index is -0.483. The molecule has 3 rings (SSSR count). The Hall–Kier alpha value is -1.39. The summed E-state index contributed by atoms with van der Waals surface area (Å²) < 4.78 is 19.0. The maximum atomic E-state index is 13.2. The zero-order chi connectivity index (χ0) is 12.0. The molecule has 0 fully saturated rings. The van der Waals surface area contributed by atoms with Crippen molar-refractivity contribution in [3.8, 4) is 0 Å². The second-order valence-electron chi connectivity index (χ2n) is 4.70. The standard InChI is InChI=1S/C13H15FN2O/c1-13(7-15)12-10(4-5-17-13)9-3-2-8(14)6-11(9)16-12/h2-3,6,16H,4-5,7,15H2,1H3. The molecule has 0 bridgehead atoms. The molecule has 3 N–H and O–H groups in total. The molecule has 2 aromatic rings. The number of benzene rings is 1. The SMILES string of the molecule is CC1(CN)OCCc2c1[nH]c1cc(F)ccc21. The van der Waals surface area contributed by atoms with Gasteiger partial charge in [-0.15, -0.1) is 0 Å². The average Bonchev–Trinajstić information content (AvgIpc) is 2.68. The molecule has 1 aliphatic rings. The molecule has 0 aliphatic carbocycles. The second-order valence-corrected chi connectivity index (χ2v) is 4.70. The van der Waals surface area contributed by atoms with Crippen LogP contribution in [0.3, 0.4) is 0 Å². The Kier molecular flexibility index (Phi) is 2.24. The van der Waals surface area contributed by atoms with E-state index in [2.05, 4.69) is 4.98 Å². The summed E-state index contributed by atoms with van der Waals surface area (Å²) in [5.41, 5.74) is 8.32. The van der Waals surface area contributed by atoms with Gasteiger partial charge in [-0.3, -0.25) is 0 Å². The third-order valence-electron chi connectivity index (χ3n) is 3.56. The topological polar surface area (TPSA) is 51.0 Å². The van der Waals surface area contributed by atoms with Crippen molar-refractivity contribution in [2.75, 3.05) is 13.2 Å². The van der Waals surface area contributed by atoms with E-state index in [1.807, 2.05) is 13.0 Å². The van der Waals surface area contributed by atoms with Crippen LogP contribution < -0.4 is 5.73 Å². The van der Waals surface area contributed by atoms with Crippen LogP contribution >= 0.6 is 0 Å². The van der Waals surface area contributed by atoms with E-state index in [0.717, 1.165) is 23.0 Å². The molecular weight excluding hydrogens is 219 g/mol. The fourth-order valence-corrected chi connectivity index (χ4v) is 2.55. The first-order valence-corrected chi connectivity index (χ1v) is 5.79. The number of aromatic amines is 1. The Morgan fingerprint density at radius 2 is 2.35 bits per heavy atom. The first kappa shape index (κ1) is 10.7. The zero-order valence-electron chi connectivity index (χ0n) is 9.72. The molecule has 1 aromatic heterocycles. The summed E-state index contributed by atoms with van der Waals surface area (Å²) in [5.74, 6) is -0.230. The van der Waals surface area contributed by atoms with Gasteiger partial charge in [-0.2, -0.15) is 0 Å². The predicted octanol–water partition coefficient (Wildman–Crippen LogP) is 2.05. The average molecular weight is 234 g/mol. The Morgan fingerprint density at radius 3 is 3.12 bits per heavy atom. The number of H-pyrrole nitrogens is 1. The van der Waals surface area contributed by atoms with Gasteiger partial charge in [0, 0.05) is 17.4 Å². The Morgan fingerprint density at radius 1 is 1.53 bits per heavy atom. The quantitative estimate of drug-likeness (QED) is 0.793. The van der Waals surface area contributed by atoms with E-state index >= 15 is 0 Å². The van der Waals surface area contributed by atoms with Crippen molar-refractivity contribution in [2.24, 2.45) is 5.73 Å². The summed E-state index contributed by atoms with van der Waals surface area (Å²) in [4.78, 5) is 3.25. The molecule has 4 heteroatoms. The predicted molar refractivity (Wildman–Crippen MR) is 64.3 cm³/mol. The van der Waals surface area contributed by atoms with E-state index in [1.165, 1.54) is 17.7 Å². The highest BCUT2D eigenvalue weighted by molar-refractivity contribution is 5.85. The van der Waals surface area contributed by atoms with Crippen molar-refractivity contribution < 1.29 is 9.13 Å². The lowest BCUT2D eigenvalue weighted by atomic mass is 9.93. The maximum Gasteiger partial charge on any atom is 0.125 e. The van der Waals surface area contributed by atoms with Crippen LogP contribution in [-0.2, 0) is 16.8 Å². The molecule has 1 aliphatic heterocycles. The lowest BCUT2D eigenvalue weighted by Crippen LogP contribution is -2.39. The van der Waals surface area contributed by atoms with Crippen molar-refractivity contribution in [2.45, 2.75) is 18.9 Å². The summed E-state index contributed by atoms with van der Waals surface area (Å²) in [7, 11) is 0. The lowest BCUT2D eigenvalue weighted by Gasteiger charge is -2.32. The molecule has 1 aromatic carbocycles. The van der Waals surface area contributed by atoms with Crippen molar-refractivity contribution in [3.63, 3.8) is 0 Å². The molecule has 17 heavy (non-hydrogen) atoms. The van der Waals surface area contributed by atoms with Crippen LogP contribution in [0.15, 0.2) is 18.2 Å². The number of hydrogen-bond acceptors (Lipinski definition) is 2. The van der Waals surface area contributed by atoms with E-state index in [-0.39, 0.29) is 5.82 Å². The van der Waals surface area contributed by atoms with Crippen molar-refractivity contribution >= 4 is 10.9 Å². The van der Waals surface area contributed by atoms with E-state index in [4.69, 9.17) is 10.5 Å². The zero-order valence-corrected chi connectivity index (χ0v) is 9.72. The van der Waals surface area contributed by atoms with Gasteiger partial charge in [0.15, 0.2) is 0 Å². The van der Waals surface area contributed by atoms with Gasteiger partial charge in [0.2, 0.25) is 0 Å². The van der Waals surface area contributed by atoms with Gasteiger partial charge in [0.05, 0.1) is 12.3 Å². The number of nitrogens with one attached hydrogen (secondary N) is 1. The third-order valence-corrected chi connectivity index (χ3v) is 3.56. The summed E-state index contributed by atoms with van der Waals surface area (Å²) in [6, 6.07) is 4.83. The second kappa shape index (κ2) is 3.55. The highest BCUT2D eigenvalue weighted by Crippen LogP contribution is 2.36. The van der Waals surface area contributed by atoms with Crippen molar-refractivity contribution in [1.82, 2.24) is 4.98 Å². The Bertz CT molecular complexity index is 578. The molecule has 0 radical (unpaired) electrons. The molecule has 0 amide bonds. The Balaban J connectivity index is 2.28. The first-order chi connectivity index (χ1) is 8.14. The summed E-state index contributed by atoms with van der Waals surface area (Å²) in [6.07, 6.45) is 0.844. The highest BCUT2D eigenvalue weighted by Gasteiger charge is 2.34. The van der Waals surface area contributed by atoms with E-state index in [0.29, 0.717) is 13.2 Å². The van der Waals surface area contributed by atoms with Crippen LogP contribution in [0.25, 0.3) is 10.9 Å². The fraction of sp³-hybridized carbons (Fsp3) is 0.385.